The summed E-state index contributed by atoms with van der Waals surface area (Å²) < 4.78 is 35.2. The standard InChI is InChI=1S/C22H20ClF2NO4/c1-4-9-30-22(29)11(2)18-12(3)26(16-7-8-17(27)20(25)19(16)18)21(28)13-5-6-14(23)15(24)10-13/h5-8,10-11,27H,4,9H2,1-3H3/t11-/m1/s1. The molecule has 3 rings (SSSR count). The van der Waals surface area contributed by atoms with E-state index < -0.39 is 35.2 Å². The van der Waals surface area contributed by atoms with Gasteiger partial charge < -0.3 is 9.84 Å². The molecule has 0 unspecified atom stereocenters. The Labute approximate surface area is 176 Å². The molecule has 0 saturated carbocycles. The van der Waals surface area contributed by atoms with E-state index in [1.807, 2.05) is 6.92 Å². The monoisotopic (exact) mass is 435 g/mol. The van der Waals surface area contributed by atoms with Gasteiger partial charge in [0.1, 0.15) is 5.82 Å². The average Bonchev–Trinajstić information content (AvgIpc) is 3.02. The predicted octanol–water partition coefficient (Wildman–Crippen LogP) is 5.33. The van der Waals surface area contributed by atoms with E-state index in [1.54, 1.807) is 13.8 Å². The predicted molar refractivity (Wildman–Crippen MR) is 109 cm³/mol. The van der Waals surface area contributed by atoms with Gasteiger partial charge in [0.15, 0.2) is 11.6 Å². The van der Waals surface area contributed by atoms with Crippen molar-refractivity contribution < 1.29 is 28.2 Å². The van der Waals surface area contributed by atoms with Gasteiger partial charge in [-0.15, -0.1) is 0 Å². The number of aromatic hydroxyl groups is 1. The minimum atomic E-state index is -0.949. The van der Waals surface area contributed by atoms with Crippen molar-refractivity contribution in [3.63, 3.8) is 0 Å². The number of phenols is 1. The Bertz CT molecular complexity index is 1160. The maximum atomic E-state index is 14.9. The van der Waals surface area contributed by atoms with Crippen LogP contribution in [-0.4, -0.2) is 28.2 Å². The third-order valence-corrected chi connectivity index (χ3v) is 5.25. The number of rotatable bonds is 5. The Hall–Kier alpha value is -2.93. The number of nitrogens with zero attached hydrogens (tertiary/aromatic N) is 1. The van der Waals surface area contributed by atoms with E-state index in [2.05, 4.69) is 0 Å². The number of carbonyl (C=O) groups excluding carboxylic acids is 2. The van der Waals surface area contributed by atoms with Crippen LogP contribution in [0.5, 0.6) is 5.75 Å². The lowest BCUT2D eigenvalue weighted by Gasteiger charge is -2.13. The molecule has 1 atom stereocenters. The van der Waals surface area contributed by atoms with Crippen LogP contribution in [0.2, 0.25) is 5.02 Å². The lowest BCUT2D eigenvalue weighted by atomic mass is 9.97. The second-order valence-corrected chi connectivity index (χ2v) is 7.36. The van der Waals surface area contributed by atoms with Gasteiger partial charge in [-0.25, -0.2) is 8.78 Å². The Morgan fingerprint density at radius 2 is 1.93 bits per heavy atom. The summed E-state index contributed by atoms with van der Waals surface area (Å²) in [5.41, 5.74) is 0.657. The molecule has 0 aliphatic heterocycles. The molecule has 2 aromatic carbocycles. The highest BCUT2D eigenvalue weighted by atomic mass is 35.5. The maximum absolute atomic E-state index is 14.9. The second kappa shape index (κ2) is 8.44. The highest BCUT2D eigenvalue weighted by Gasteiger charge is 2.30. The summed E-state index contributed by atoms with van der Waals surface area (Å²) in [5, 5.41) is 9.68. The van der Waals surface area contributed by atoms with Crippen molar-refractivity contribution in [2.75, 3.05) is 6.61 Å². The molecular weight excluding hydrogens is 416 g/mol. The van der Waals surface area contributed by atoms with Crippen molar-refractivity contribution in [3.8, 4) is 5.75 Å². The molecule has 1 aromatic heterocycles. The highest BCUT2D eigenvalue weighted by Crippen LogP contribution is 2.37. The van der Waals surface area contributed by atoms with E-state index >= 15 is 0 Å². The molecule has 0 fully saturated rings. The number of ether oxygens (including phenoxy) is 1. The van der Waals surface area contributed by atoms with Crippen molar-refractivity contribution in [1.29, 1.82) is 0 Å². The fourth-order valence-electron chi connectivity index (χ4n) is 3.47. The molecule has 0 amide bonds. The quantitative estimate of drug-likeness (QED) is 0.550. The molecule has 158 valence electrons. The lowest BCUT2D eigenvalue weighted by molar-refractivity contribution is -0.145. The Morgan fingerprint density at radius 1 is 1.23 bits per heavy atom. The zero-order valence-corrected chi connectivity index (χ0v) is 17.4. The van der Waals surface area contributed by atoms with Crippen molar-refractivity contribution in [2.24, 2.45) is 0 Å². The van der Waals surface area contributed by atoms with Crippen LogP contribution in [-0.2, 0) is 9.53 Å². The van der Waals surface area contributed by atoms with Crippen molar-refractivity contribution >= 4 is 34.4 Å². The number of phenolic OH excluding ortho intramolecular Hbond substituents is 1. The third kappa shape index (κ3) is 3.65. The van der Waals surface area contributed by atoms with Gasteiger partial charge in [0.25, 0.3) is 5.91 Å². The van der Waals surface area contributed by atoms with Crippen molar-refractivity contribution in [2.45, 2.75) is 33.1 Å². The van der Waals surface area contributed by atoms with E-state index in [0.29, 0.717) is 6.42 Å². The van der Waals surface area contributed by atoms with E-state index in [9.17, 15) is 23.5 Å². The van der Waals surface area contributed by atoms with E-state index in [-0.39, 0.29) is 39.4 Å². The topological polar surface area (TPSA) is 68.5 Å². The molecule has 1 N–H and O–H groups in total. The molecule has 30 heavy (non-hydrogen) atoms. The molecule has 0 bridgehead atoms. The summed E-state index contributed by atoms with van der Waals surface area (Å²) in [6.07, 6.45) is 0.620. The number of esters is 1. The van der Waals surface area contributed by atoms with Crippen molar-refractivity contribution in [3.05, 3.63) is 63.8 Å². The fourth-order valence-corrected chi connectivity index (χ4v) is 3.59. The molecule has 3 aromatic rings. The molecule has 0 aliphatic rings. The first-order chi connectivity index (χ1) is 14.2. The maximum Gasteiger partial charge on any atom is 0.313 e. The van der Waals surface area contributed by atoms with Gasteiger partial charge >= 0.3 is 5.97 Å². The third-order valence-electron chi connectivity index (χ3n) is 4.94. The van der Waals surface area contributed by atoms with Gasteiger partial charge in [0, 0.05) is 16.6 Å². The van der Waals surface area contributed by atoms with Crippen LogP contribution in [0.15, 0.2) is 30.3 Å². The Morgan fingerprint density at radius 3 is 2.57 bits per heavy atom. The minimum Gasteiger partial charge on any atom is -0.505 e. The number of halogens is 3. The lowest BCUT2D eigenvalue weighted by Crippen LogP contribution is -2.17. The van der Waals surface area contributed by atoms with Crippen LogP contribution in [0.25, 0.3) is 10.9 Å². The van der Waals surface area contributed by atoms with Crippen LogP contribution in [0.1, 0.15) is 47.8 Å². The first kappa shape index (κ1) is 21.8. The van der Waals surface area contributed by atoms with E-state index in [0.717, 1.165) is 12.1 Å². The van der Waals surface area contributed by atoms with Gasteiger partial charge in [-0.3, -0.25) is 14.2 Å². The molecular formula is C22H20ClF2NO4. The summed E-state index contributed by atoms with van der Waals surface area (Å²) >= 11 is 5.70. The Kier molecular flexibility index (Phi) is 6.12. The van der Waals surface area contributed by atoms with Crippen LogP contribution in [0.4, 0.5) is 8.78 Å². The van der Waals surface area contributed by atoms with Crippen LogP contribution >= 0.6 is 11.6 Å². The van der Waals surface area contributed by atoms with Gasteiger partial charge in [0.2, 0.25) is 0 Å². The SMILES string of the molecule is CCCOC(=O)[C@H](C)c1c(C)n(C(=O)c2ccc(Cl)c(F)c2)c2ccc(O)c(F)c12. The summed E-state index contributed by atoms with van der Waals surface area (Å²) in [4.78, 5) is 25.6. The number of hydrogen-bond acceptors (Lipinski definition) is 4. The smallest absolute Gasteiger partial charge is 0.313 e. The van der Waals surface area contributed by atoms with Gasteiger partial charge in [0.05, 0.1) is 23.1 Å². The van der Waals surface area contributed by atoms with Crippen LogP contribution in [0, 0.1) is 18.6 Å². The first-order valence-electron chi connectivity index (χ1n) is 9.37. The number of aromatic nitrogens is 1. The zero-order chi connectivity index (χ0) is 22.2. The van der Waals surface area contributed by atoms with Crippen LogP contribution < -0.4 is 0 Å². The number of carbonyl (C=O) groups is 2. The molecule has 1 heterocycles. The van der Waals surface area contributed by atoms with Gasteiger partial charge in [-0.05, 0) is 56.2 Å². The largest absolute Gasteiger partial charge is 0.505 e. The first-order valence-corrected chi connectivity index (χ1v) is 9.75. The Balaban J connectivity index is 2.24. The second-order valence-electron chi connectivity index (χ2n) is 6.95. The van der Waals surface area contributed by atoms with Crippen molar-refractivity contribution in [1.82, 2.24) is 4.57 Å². The normalized spacial score (nSPS) is 12.2. The van der Waals surface area contributed by atoms with Gasteiger partial charge in [-0.2, -0.15) is 0 Å². The number of benzene rings is 2. The number of fused-ring (bicyclic) bond motifs is 1. The summed E-state index contributed by atoms with van der Waals surface area (Å²) in [6, 6.07) is 6.09. The zero-order valence-electron chi connectivity index (χ0n) is 16.6. The number of hydrogen-bond donors (Lipinski definition) is 1. The summed E-state index contributed by atoms with van der Waals surface area (Å²) in [6.45, 7) is 5.15. The molecule has 8 heteroatoms. The highest BCUT2D eigenvalue weighted by molar-refractivity contribution is 6.30. The van der Waals surface area contributed by atoms with Crippen LogP contribution in [0.3, 0.4) is 0 Å². The molecule has 0 saturated heterocycles. The summed E-state index contributed by atoms with van der Waals surface area (Å²) in [5.74, 6) is -4.43. The van der Waals surface area contributed by atoms with Gasteiger partial charge in [-0.1, -0.05) is 18.5 Å². The van der Waals surface area contributed by atoms with E-state index in [4.69, 9.17) is 16.3 Å². The molecule has 0 radical (unpaired) electrons. The summed E-state index contributed by atoms with van der Waals surface area (Å²) in [7, 11) is 0. The van der Waals surface area contributed by atoms with E-state index in [1.165, 1.54) is 22.8 Å². The fraction of sp³-hybridized carbons (Fsp3) is 0.273. The molecule has 5 nitrogen and oxygen atoms in total. The minimum absolute atomic E-state index is 0.00172. The molecule has 0 spiro atoms. The molecule has 0 aliphatic carbocycles. The average molecular weight is 436 g/mol.